The minimum absolute atomic E-state index is 0.0706. The van der Waals surface area contributed by atoms with Crippen molar-refractivity contribution in [3.63, 3.8) is 0 Å². The summed E-state index contributed by atoms with van der Waals surface area (Å²) in [5.41, 5.74) is -0.282. The molecule has 11 heteroatoms. The van der Waals surface area contributed by atoms with Gasteiger partial charge in [-0.05, 0) is 54.6 Å². The van der Waals surface area contributed by atoms with Crippen LogP contribution in [0.15, 0.2) is 71.1 Å². The summed E-state index contributed by atoms with van der Waals surface area (Å²) < 4.78 is 49.3. The van der Waals surface area contributed by atoms with E-state index in [9.17, 15) is 18.0 Å². The highest BCUT2D eigenvalue weighted by Crippen LogP contribution is 2.33. The number of ether oxygens (including phenoxy) is 1. The van der Waals surface area contributed by atoms with Gasteiger partial charge < -0.3 is 9.15 Å². The van der Waals surface area contributed by atoms with Crippen LogP contribution in [0, 0.1) is 0 Å². The number of anilines is 1. The number of hydrogen-bond acceptors (Lipinski definition) is 5. The molecule has 4 rings (SSSR count). The second kappa shape index (κ2) is 9.13. The number of carbonyl (C=O) groups excluding carboxylic acids is 1. The number of benzene rings is 3. The van der Waals surface area contributed by atoms with Gasteiger partial charge in [-0.15, -0.1) is 5.10 Å². The van der Waals surface area contributed by atoms with Crippen molar-refractivity contribution in [3.05, 3.63) is 87.9 Å². The van der Waals surface area contributed by atoms with Crippen LogP contribution in [0.2, 0.25) is 10.0 Å². The molecule has 1 heterocycles. The van der Waals surface area contributed by atoms with Crippen molar-refractivity contribution in [3.8, 4) is 23.0 Å². The molecule has 0 saturated carbocycles. The molecule has 0 fully saturated rings. The molecule has 1 amide bonds. The number of hydrogen-bond donors (Lipinski definition) is 1. The van der Waals surface area contributed by atoms with Crippen LogP contribution in [0.25, 0.3) is 11.5 Å². The van der Waals surface area contributed by atoms with E-state index >= 15 is 0 Å². The van der Waals surface area contributed by atoms with Gasteiger partial charge in [0.1, 0.15) is 11.5 Å². The highest BCUT2D eigenvalue weighted by molar-refractivity contribution is 6.36. The lowest BCUT2D eigenvalue weighted by Crippen LogP contribution is -2.13. The molecule has 0 atom stereocenters. The number of amides is 1. The largest absolute Gasteiger partial charge is 0.457 e. The van der Waals surface area contributed by atoms with Gasteiger partial charge in [-0.25, -0.2) is 0 Å². The number of para-hydroxylation sites is 1. The van der Waals surface area contributed by atoms with Crippen LogP contribution in [0.1, 0.15) is 15.9 Å². The van der Waals surface area contributed by atoms with E-state index in [1.54, 1.807) is 24.3 Å². The number of carbonyl (C=O) groups is 1. The van der Waals surface area contributed by atoms with Crippen LogP contribution in [0.3, 0.4) is 0 Å². The van der Waals surface area contributed by atoms with Gasteiger partial charge >= 0.3 is 12.2 Å². The van der Waals surface area contributed by atoms with Gasteiger partial charge in [0.2, 0.25) is 0 Å². The summed E-state index contributed by atoms with van der Waals surface area (Å²) in [6, 6.07) is 14.8. The predicted octanol–water partition coefficient (Wildman–Crippen LogP) is 7.11. The highest BCUT2D eigenvalue weighted by Gasteiger charge is 2.30. The van der Waals surface area contributed by atoms with Crippen LogP contribution in [-0.2, 0) is 6.18 Å². The second-order valence-corrected chi connectivity index (χ2v) is 7.45. The first kappa shape index (κ1) is 22.6. The number of nitrogens with zero attached hydrogens (tertiary/aromatic N) is 2. The second-order valence-electron chi connectivity index (χ2n) is 6.61. The fraction of sp³-hybridized carbons (Fsp3) is 0.0455. The van der Waals surface area contributed by atoms with Gasteiger partial charge in [0.25, 0.3) is 11.8 Å². The Balaban J connectivity index is 1.51. The molecule has 0 saturated heterocycles. The molecule has 33 heavy (non-hydrogen) atoms. The maximum Gasteiger partial charge on any atom is 0.416 e. The summed E-state index contributed by atoms with van der Waals surface area (Å²) in [6.07, 6.45) is -4.46. The van der Waals surface area contributed by atoms with Crippen molar-refractivity contribution in [1.82, 2.24) is 10.2 Å². The molecule has 0 unspecified atom stereocenters. The first-order chi connectivity index (χ1) is 15.7. The fourth-order valence-corrected chi connectivity index (χ4v) is 3.28. The van der Waals surface area contributed by atoms with E-state index < -0.39 is 17.6 Å². The summed E-state index contributed by atoms with van der Waals surface area (Å²) in [7, 11) is 0. The first-order valence-corrected chi connectivity index (χ1v) is 10.0. The van der Waals surface area contributed by atoms with Crippen molar-refractivity contribution in [1.29, 1.82) is 0 Å². The summed E-state index contributed by atoms with van der Waals surface area (Å²) in [6.45, 7) is 0. The summed E-state index contributed by atoms with van der Waals surface area (Å²) in [4.78, 5) is 12.8. The van der Waals surface area contributed by atoms with Gasteiger partial charge in [0.15, 0.2) is 0 Å². The minimum atomic E-state index is -4.46. The molecule has 0 radical (unpaired) electrons. The SMILES string of the molecule is O=C(Nc1nnc(-c2ccc(Cl)cc2Cl)o1)c1ccccc1Oc1ccc(C(F)(F)F)cc1. The molecule has 4 aromatic rings. The van der Waals surface area contributed by atoms with Crippen LogP contribution in [0.5, 0.6) is 11.5 Å². The molecule has 6 nitrogen and oxygen atoms in total. The van der Waals surface area contributed by atoms with E-state index in [1.165, 1.54) is 18.2 Å². The Bertz CT molecular complexity index is 1310. The van der Waals surface area contributed by atoms with Gasteiger partial charge in [0.05, 0.1) is 21.7 Å². The van der Waals surface area contributed by atoms with Crippen LogP contribution >= 0.6 is 23.2 Å². The Kier molecular flexibility index (Phi) is 6.26. The van der Waals surface area contributed by atoms with Crippen molar-refractivity contribution < 1.29 is 27.1 Å². The Morgan fingerprint density at radius 1 is 0.970 bits per heavy atom. The molecule has 3 aromatic carbocycles. The summed E-state index contributed by atoms with van der Waals surface area (Å²) in [5.74, 6) is -0.313. The number of halogens is 5. The van der Waals surface area contributed by atoms with Crippen LogP contribution in [0.4, 0.5) is 19.2 Å². The van der Waals surface area contributed by atoms with Gasteiger partial charge in [-0.3, -0.25) is 10.1 Å². The predicted molar refractivity (Wildman–Crippen MR) is 116 cm³/mol. The Hall–Kier alpha value is -3.56. The zero-order chi connectivity index (χ0) is 23.6. The van der Waals surface area contributed by atoms with Crippen molar-refractivity contribution in [2.45, 2.75) is 6.18 Å². The molecule has 0 aliphatic carbocycles. The van der Waals surface area contributed by atoms with Crippen molar-refractivity contribution in [2.24, 2.45) is 0 Å². The Morgan fingerprint density at radius 2 is 1.70 bits per heavy atom. The van der Waals surface area contributed by atoms with Crippen LogP contribution < -0.4 is 10.1 Å². The first-order valence-electron chi connectivity index (χ1n) is 9.25. The lowest BCUT2D eigenvalue weighted by atomic mass is 10.2. The number of alkyl halides is 3. The van der Waals surface area contributed by atoms with Crippen molar-refractivity contribution in [2.75, 3.05) is 5.32 Å². The molecular weight excluding hydrogens is 482 g/mol. The standard InChI is InChI=1S/C22H12Cl2F3N3O3/c23-13-7-10-15(17(24)11-13)20-29-30-21(33-20)28-19(31)16-3-1-2-4-18(16)32-14-8-5-12(6-9-14)22(25,26)27/h1-11H,(H,28,30,31). The van der Waals surface area contributed by atoms with E-state index in [2.05, 4.69) is 15.5 Å². The molecule has 0 bridgehead atoms. The maximum atomic E-state index is 12.8. The Labute approximate surface area is 194 Å². The third kappa shape index (κ3) is 5.27. The lowest BCUT2D eigenvalue weighted by Gasteiger charge is -2.11. The molecule has 0 aliphatic rings. The topological polar surface area (TPSA) is 77.3 Å². The monoisotopic (exact) mass is 493 g/mol. The number of nitrogens with one attached hydrogen (secondary N) is 1. The van der Waals surface area contributed by atoms with Gasteiger partial charge in [-0.1, -0.05) is 40.4 Å². The molecule has 1 aromatic heterocycles. The molecule has 0 spiro atoms. The van der Waals surface area contributed by atoms with Crippen LogP contribution in [-0.4, -0.2) is 16.1 Å². The average molecular weight is 494 g/mol. The molecule has 1 N–H and O–H groups in total. The van der Waals surface area contributed by atoms with Crippen molar-refractivity contribution >= 4 is 35.1 Å². The maximum absolute atomic E-state index is 12.8. The van der Waals surface area contributed by atoms with E-state index in [0.717, 1.165) is 24.3 Å². The third-order valence-corrected chi connectivity index (χ3v) is 4.90. The normalized spacial score (nSPS) is 11.3. The Morgan fingerprint density at radius 3 is 2.39 bits per heavy atom. The molecule has 0 aliphatic heterocycles. The molecule has 168 valence electrons. The lowest BCUT2D eigenvalue weighted by molar-refractivity contribution is -0.137. The quantitative estimate of drug-likeness (QED) is 0.320. The fourth-order valence-electron chi connectivity index (χ4n) is 2.79. The minimum Gasteiger partial charge on any atom is -0.457 e. The number of aromatic nitrogens is 2. The summed E-state index contributed by atoms with van der Waals surface area (Å²) in [5, 5.41) is 10.8. The van der Waals surface area contributed by atoms with Gasteiger partial charge in [-0.2, -0.15) is 13.2 Å². The zero-order valence-corrected chi connectivity index (χ0v) is 17.9. The zero-order valence-electron chi connectivity index (χ0n) is 16.4. The van der Waals surface area contributed by atoms with E-state index in [4.69, 9.17) is 32.4 Å². The van der Waals surface area contributed by atoms with E-state index in [-0.39, 0.29) is 29.0 Å². The highest BCUT2D eigenvalue weighted by atomic mass is 35.5. The van der Waals surface area contributed by atoms with Gasteiger partial charge in [0, 0.05) is 5.02 Å². The van der Waals surface area contributed by atoms with E-state index in [1.807, 2.05) is 0 Å². The third-order valence-electron chi connectivity index (χ3n) is 4.35. The smallest absolute Gasteiger partial charge is 0.416 e. The average Bonchev–Trinajstić information content (AvgIpc) is 3.22. The van der Waals surface area contributed by atoms with E-state index in [0.29, 0.717) is 15.6 Å². The molecular formula is C22H12Cl2F3N3O3. The number of rotatable bonds is 5. The summed E-state index contributed by atoms with van der Waals surface area (Å²) >= 11 is 12.0.